The second kappa shape index (κ2) is 5.92. The summed E-state index contributed by atoms with van der Waals surface area (Å²) in [5, 5.41) is 8.27. The van der Waals surface area contributed by atoms with Crippen LogP contribution in [0.25, 0.3) is 0 Å². The van der Waals surface area contributed by atoms with E-state index in [4.69, 9.17) is 0 Å². The van der Waals surface area contributed by atoms with E-state index in [2.05, 4.69) is 53.4 Å². The third kappa shape index (κ3) is 3.81. The molecular weight excluding hydrogens is 224 g/mol. The van der Waals surface area contributed by atoms with E-state index in [1.165, 1.54) is 0 Å². The monoisotopic (exact) mass is 245 g/mol. The average molecular weight is 245 g/mol. The van der Waals surface area contributed by atoms with Gasteiger partial charge in [0.1, 0.15) is 0 Å². The summed E-state index contributed by atoms with van der Waals surface area (Å²) in [4.78, 5) is 0. The van der Waals surface area contributed by atoms with Gasteiger partial charge in [0.05, 0.1) is 12.0 Å². The molecule has 0 amide bonds. The van der Waals surface area contributed by atoms with Gasteiger partial charge in [0.15, 0.2) is 0 Å². The van der Waals surface area contributed by atoms with E-state index in [1.807, 2.05) is 4.68 Å². The molecule has 1 aromatic rings. The first-order chi connectivity index (χ1) is 7.04. The third-order valence-corrected chi connectivity index (χ3v) is 6.16. The summed E-state index contributed by atoms with van der Waals surface area (Å²) in [7, 11) is 2.69. The lowest BCUT2D eigenvalue weighted by atomic mass is 10.5. The molecule has 1 heterocycles. The van der Waals surface area contributed by atoms with E-state index in [0.29, 0.717) is 0 Å². The highest BCUT2D eigenvalue weighted by atomic mass is 31.1. The zero-order valence-corrected chi connectivity index (χ0v) is 12.1. The zero-order valence-electron chi connectivity index (χ0n) is 10.0. The molecule has 86 valence electrons. The van der Waals surface area contributed by atoms with Gasteiger partial charge in [0.2, 0.25) is 0 Å². The van der Waals surface area contributed by atoms with Crippen LogP contribution in [-0.4, -0.2) is 26.3 Å². The fourth-order valence-electron chi connectivity index (χ4n) is 1.65. The Kier molecular flexibility index (Phi) is 5.15. The molecule has 1 unspecified atom stereocenters. The molecule has 0 aliphatic carbocycles. The highest BCUT2D eigenvalue weighted by molar-refractivity contribution is 7.58. The Bertz CT molecular complexity index is 289. The number of rotatable bonds is 5. The van der Waals surface area contributed by atoms with Crippen LogP contribution in [0.2, 0.25) is 0 Å². The van der Waals surface area contributed by atoms with Crippen LogP contribution in [0.1, 0.15) is 33.4 Å². The van der Waals surface area contributed by atoms with E-state index >= 15 is 0 Å². The molecule has 0 bridgehead atoms. The van der Waals surface area contributed by atoms with Crippen LogP contribution in [0.3, 0.4) is 0 Å². The number of nitrogens with zero attached hydrogens (tertiary/aromatic N) is 3. The minimum absolute atomic E-state index is 0.0308. The molecule has 1 rings (SSSR count). The minimum atomic E-state index is 0.0308. The Hall–Kier alpha value is -0.0000000000000000555. The molecule has 0 aliphatic rings. The fraction of sp³-hybridized carbons (Fsp3) is 0.800. The lowest BCUT2D eigenvalue weighted by Crippen LogP contribution is -2.05. The summed E-state index contributed by atoms with van der Waals surface area (Å²) >= 11 is 0. The molecule has 1 aromatic heterocycles. The van der Waals surface area contributed by atoms with Crippen LogP contribution in [0, 0.1) is 0 Å². The molecule has 0 radical (unpaired) electrons. The molecular formula is C10H21N3P2. The largest absolute Gasteiger partial charge is 0.249 e. The molecule has 0 saturated carbocycles. The van der Waals surface area contributed by atoms with Gasteiger partial charge < -0.3 is 0 Å². The highest BCUT2D eigenvalue weighted by Gasteiger charge is 2.18. The summed E-state index contributed by atoms with van der Waals surface area (Å²) in [6.45, 7) is 9.25. The first-order valence-corrected chi connectivity index (χ1v) is 7.87. The normalized spacial score (nSPS) is 12.0. The maximum Gasteiger partial charge on any atom is 0.0870 e. The number of hydrogen-bond donors (Lipinski definition) is 0. The predicted molar refractivity (Wildman–Crippen MR) is 70.6 cm³/mol. The van der Waals surface area contributed by atoms with Crippen molar-refractivity contribution in [2.75, 3.05) is 0 Å². The van der Waals surface area contributed by atoms with Crippen LogP contribution < -0.4 is 0 Å². The van der Waals surface area contributed by atoms with Gasteiger partial charge in [0.25, 0.3) is 0 Å². The molecule has 1 atom stereocenters. The van der Waals surface area contributed by atoms with Gasteiger partial charge in [-0.25, -0.2) is 4.68 Å². The maximum absolute atomic E-state index is 4.21. The van der Waals surface area contributed by atoms with Crippen LogP contribution in [-0.2, 0) is 12.4 Å². The first kappa shape index (κ1) is 13.1. The zero-order chi connectivity index (χ0) is 11.4. The van der Waals surface area contributed by atoms with Gasteiger partial charge in [-0.3, -0.25) is 0 Å². The molecule has 0 aliphatic heterocycles. The summed E-state index contributed by atoms with van der Waals surface area (Å²) in [5.74, 6) is 0. The van der Waals surface area contributed by atoms with E-state index in [-0.39, 0.29) is 7.92 Å². The smallest absolute Gasteiger partial charge is 0.0870 e. The quantitative estimate of drug-likeness (QED) is 0.747. The van der Waals surface area contributed by atoms with Gasteiger partial charge in [-0.1, -0.05) is 40.8 Å². The van der Waals surface area contributed by atoms with Crippen molar-refractivity contribution < 1.29 is 0 Å². The Balaban J connectivity index is 2.65. The van der Waals surface area contributed by atoms with Crippen molar-refractivity contribution in [1.29, 1.82) is 0 Å². The Morgan fingerprint density at radius 3 is 2.33 bits per heavy atom. The Morgan fingerprint density at radius 2 is 1.93 bits per heavy atom. The van der Waals surface area contributed by atoms with Crippen molar-refractivity contribution >= 4 is 17.2 Å². The topological polar surface area (TPSA) is 30.7 Å². The highest BCUT2D eigenvalue weighted by Crippen LogP contribution is 2.48. The van der Waals surface area contributed by atoms with E-state index in [1.54, 1.807) is 0 Å². The van der Waals surface area contributed by atoms with Crippen LogP contribution in [0.4, 0.5) is 0 Å². The third-order valence-electron chi connectivity index (χ3n) is 2.44. The van der Waals surface area contributed by atoms with E-state index < -0.39 is 0 Å². The van der Waals surface area contributed by atoms with Gasteiger partial charge in [-0.2, -0.15) is 0 Å². The summed E-state index contributed by atoms with van der Waals surface area (Å²) in [6.07, 6.45) is 4.00. The second-order valence-corrected chi connectivity index (χ2v) is 8.07. The lowest BCUT2D eigenvalue weighted by molar-refractivity contribution is 0.701. The van der Waals surface area contributed by atoms with Gasteiger partial charge in [-0.05, 0) is 11.3 Å². The number of hydrogen-bond acceptors (Lipinski definition) is 2. The van der Waals surface area contributed by atoms with Crippen molar-refractivity contribution in [3.05, 3.63) is 11.9 Å². The predicted octanol–water partition coefficient (Wildman–Crippen LogP) is 2.91. The lowest BCUT2D eigenvalue weighted by Gasteiger charge is -2.24. The Morgan fingerprint density at radius 1 is 1.33 bits per heavy atom. The molecule has 3 nitrogen and oxygen atoms in total. The van der Waals surface area contributed by atoms with Crippen molar-refractivity contribution in [3.8, 4) is 0 Å². The summed E-state index contributed by atoms with van der Waals surface area (Å²) in [5.41, 5.74) is 2.67. The maximum atomic E-state index is 4.21. The SMILES string of the molecule is CC(C)P(Cc1cn(CP)nn1)C(C)C. The molecule has 0 N–H and O–H groups in total. The molecule has 0 aromatic carbocycles. The molecule has 15 heavy (non-hydrogen) atoms. The first-order valence-electron chi connectivity index (χ1n) is 5.39. The molecule has 0 saturated heterocycles. The van der Waals surface area contributed by atoms with Crippen molar-refractivity contribution in [2.24, 2.45) is 0 Å². The van der Waals surface area contributed by atoms with Crippen LogP contribution >= 0.6 is 17.2 Å². The van der Waals surface area contributed by atoms with Crippen molar-refractivity contribution in [1.82, 2.24) is 15.0 Å². The van der Waals surface area contributed by atoms with E-state index in [0.717, 1.165) is 29.5 Å². The molecule has 5 heteroatoms. The van der Waals surface area contributed by atoms with Crippen LogP contribution in [0.5, 0.6) is 0 Å². The van der Waals surface area contributed by atoms with Gasteiger partial charge >= 0.3 is 0 Å². The number of aromatic nitrogens is 3. The summed E-state index contributed by atoms with van der Waals surface area (Å²) in [6, 6.07) is 0. The standard InChI is InChI=1S/C10H21N3P2/c1-8(2)15(9(3)4)6-10-5-13(7-14)12-11-10/h5,8-9H,6-7,14H2,1-4H3. The van der Waals surface area contributed by atoms with Gasteiger partial charge in [-0.15, -0.1) is 14.3 Å². The minimum Gasteiger partial charge on any atom is -0.249 e. The second-order valence-electron chi connectivity index (χ2n) is 4.29. The van der Waals surface area contributed by atoms with Crippen molar-refractivity contribution in [3.63, 3.8) is 0 Å². The van der Waals surface area contributed by atoms with Gasteiger partial charge in [0, 0.05) is 12.4 Å². The van der Waals surface area contributed by atoms with Crippen LogP contribution in [0.15, 0.2) is 6.20 Å². The Labute approximate surface area is 96.0 Å². The average Bonchev–Trinajstić information content (AvgIpc) is 2.60. The molecule has 0 spiro atoms. The molecule has 0 fully saturated rings. The van der Waals surface area contributed by atoms with E-state index in [9.17, 15) is 0 Å². The fourth-order valence-corrected chi connectivity index (χ4v) is 4.27. The van der Waals surface area contributed by atoms with Crippen molar-refractivity contribution in [2.45, 2.75) is 51.5 Å². The summed E-state index contributed by atoms with van der Waals surface area (Å²) < 4.78 is 1.87.